The number of thioether (sulfide) groups is 1. The van der Waals surface area contributed by atoms with Gasteiger partial charge in [0.15, 0.2) is 5.96 Å². The molecule has 14 nitrogen and oxygen atoms in total. The van der Waals surface area contributed by atoms with E-state index in [0.717, 1.165) is 0 Å². The minimum Gasteiger partial charge on any atom is -0.480 e. The number of aliphatic imine (C=N–C) groups is 1. The molecular formula is C18H34N8O6S. The number of amides is 4. The van der Waals surface area contributed by atoms with E-state index in [9.17, 15) is 29.1 Å². The van der Waals surface area contributed by atoms with Crippen LogP contribution in [0.5, 0.6) is 0 Å². The van der Waals surface area contributed by atoms with Crippen molar-refractivity contribution in [1.82, 2.24) is 16.0 Å². The van der Waals surface area contributed by atoms with Crippen LogP contribution in [0.15, 0.2) is 4.99 Å². The summed E-state index contributed by atoms with van der Waals surface area (Å²) < 4.78 is 0. The summed E-state index contributed by atoms with van der Waals surface area (Å²) in [5.74, 6) is -4.06. The maximum Gasteiger partial charge on any atom is 0.326 e. The number of primary amides is 1. The third-order valence-corrected chi connectivity index (χ3v) is 4.90. The number of aliphatic carboxylic acids is 1. The number of carboxylic acids is 1. The molecule has 0 aliphatic carbocycles. The Morgan fingerprint density at radius 1 is 0.909 bits per heavy atom. The molecule has 0 radical (unpaired) electrons. The highest BCUT2D eigenvalue weighted by molar-refractivity contribution is 7.98. The Hall–Kier alpha value is -3.07. The Labute approximate surface area is 196 Å². The molecule has 0 saturated heterocycles. The zero-order valence-electron chi connectivity index (χ0n) is 18.7. The fraction of sp³-hybridized carbons (Fsp3) is 0.667. The smallest absolute Gasteiger partial charge is 0.326 e. The number of carboxylic acid groups (broad SMARTS) is 1. The van der Waals surface area contributed by atoms with Gasteiger partial charge < -0.3 is 44.0 Å². The highest BCUT2D eigenvalue weighted by Crippen LogP contribution is 2.05. The number of carbonyl (C=O) groups excluding carboxylic acids is 4. The van der Waals surface area contributed by atoms with Crippen LogP contribution < -0.4 is 38.9 Å². The molecule has 4 unspecified atom stereocenters. The lowest BCUT2D eigenvalue weighted by molar-refractivity contribution is -0.142. The Morgan fingerprint density at radius 2 is 1.45 bits per heavy atom. The molecule has 33 heavy (non-hydrogen) atoms. The van der Waals surface area contributed by atoms with Gasteiger partial charge in [-0.2, -0.15) is 11.8 Å². The van der Waals surface area contributed by atoms with Crippen LogP contribution in [0.2, 0.25) is 0 Å². The average molecular weight is 491 g/mol. The second kappa shape index (κ2) is 15.7. The summed E-state index contributed by atoms with van der Waals surface area (Å²) in [4.78, 5) is 64.0. The van der Waals surface area contributed by atoms with Crippen molar-refractivity contribution in [3.8, 4) is 0 Å². The minimum atomic E-state index is -1.37. The zero-order chi connectivity index (χ0) is 25.6. The highest BCUT2D eigenvalue weighted by Gasteiger charge is 2.30. The molecular weight excluding hydrogens is 456 g/mol. The molecule has 0 aromatic carbocycles. The topological polar surface area (TPSA) is 258 Å². The van der Waals surface area contributed by atoms with Crippen molar-refractivity contribution in [2.75, 3.05) is 18.6 Å². The van der Waals surface area contributed by atoms with Crippen molar-refractivity contribution in [2.45, 2.75) is 56.8 Å². The maximum atomic E-state index is 12.8. The minimum absolute atomic E-state index is 0.0494. The van der Waals surface area contributed by atoms with E-state index >= 15 is 0 Å². The molecule has 188 valence electrons. The summed E-state index contributed by atoms with van der Waals surface area (Å²) in [5, 5.41) is 16.5. The van der Waals surface area contributed by atoms with Crippen LogP contribution in [0.4, 0.5) is 0 Å². The van der Waals surface area contributed by atoms with Crippen molar-refractivity contribution >= 4 is 47.3 Å². The number of nitrogens with zero attached hydrogens (tertiary/aromatic N) is 1. The Balaban J connectivity index is 5.52. The molecule has 0 fully saturated rings. The summed E-state index contributed by atoms with van der Waals surface area (Å²) >= 11 is 1.41. The van der Waals surface area contributed by atoms with E-state index in [1.54, 1.807) is 6.26 Å². The first-order chi connectivity index (χ1) is 15.4. The third-order valence-electron chi connectivity index (χ3n) is 4.26. The SMILES string of the molecule is CSCCC(NC(=O)C(CCCN=C(N)N)NC(=O)C(CC(N)=O)NC(=O)C(C)N)C(=O)O. The lowest BCUT2D eigenvalue weighted by Crippen LogP contribution is -2.57. The van der Waals surface area contributed by atoms with E-state index in [1.165, 1.54) is 18.7 Å². The average Bonchev–Trinajstić information content (AvgIpc) is 2.71. The van der Waals surface area contributed by atoms with Gasteiger partial charge in [0, 0.05) is 6.54 Å². The number of rotatable bonds is 16. The van der Waals surface area contributed by atoms with Gasteiger partial charge in [0.1, 0.15) is 18.1 Å². The van der Waals surface area contributed by atoms with Gasteiger partial charge in [-0.1, -0.05) is 0 Å². The van der Waals surface area contributed by atoms with E-state index in [1.807, 2.05) is 0 Å². The lowest BCUT2D eigenvalue weighted by atomic mass is 10.1. The number of hydrogen-bond acceptors (Lipinski definition) is 8. The van der Waals surface area contributed by atoms with Gasteiger partial charge in [-0.15, -0.1) is 0 Å². The molecule has 0 bridgehead atoms. The normalized spacial score (nSPS) is 14.2. The summed E-state index contributed by atoms with van der Waals surface area (Å²) in [5.41, 5.74) is 21.2. The summed E-state index contributed by atoms with van der Waals surface area (Å²) in [6, 6.07) is -4.69. The largest absolute Gasteiger partial charge is 0.480 e. The maximum absolute atomic E-state index is 12.8. The van der Waals surface area contributed by atoms with Crippen LogP contribution >= 0.6 is 11.8 Å². The van der Waals surface area contributed by atoms with Crippen molar-refractivity contribution in [1.29, 1.82) is 0 Å². The first-order valence-corrected chi connectivity index (χ1v) is 11.5. The van der Waals surface area contributed by atoms with Crippen LogP contribution in [0.1, 0.15) is 32.6 Å². The second-order valence-electron chi connectivity index (χ2n) is 7.21. The van der Waals surface area contributed by atoms with E-state index < -0.39 is 60.2 Å². The standard InChI is InChI=1S/C18H34N8O6S/c1-9(19)14(28)26-12(8-13(20)27)16(30)24-10(4-3-6-23-18(21)22)15(29)25-11(17(31)32)5-7-33-2/h9-12H,3-8,19H2,1-2H3,(H2,20,27)(H,24,30)(H,25,29)(H,26,28)(H,31,32)(H4,21,22,23). The molecule has 0 aliphatic rings. The summed E-state index contributed by atoms with van der Waals surface area (Å²) in [6.45, 7) is 1.54. The number of hydrogen-bond donors (Lipinski definition) is 8. The molecule has 4 amide bonds. The van der Waals surface area contributed by atoms with Gasteiger partial charge in [0.2, 0.25) is 23.6 Å². The number of guanidine groups is 1. The fourth-order valence-corrected chi connectivity index (χ4v) is 3.00. The van der Waals surface area contributed by atoms with Crippen LogP contribution in [-0.4, -0.2) is 83.4 Å². The second-order valence-corrected chi connectivity index (χ2v) is 8.20. The van der Waals surface area contributed by atoms with Crippen LogP contribution in [0, 0.1) is 0 Å². The van der Waals surface area contributed by atoms with Crippen molar-refractivity contribution in [3.05, 3.63) is 0 Å². The molecule has 0 aromatic rings. The van der Waals surface area contributed by atoms with Crippen molar-refractivity contribution in [2.24, 2.45) is 27.9 Å². The highest BCUT2D eigenvalue weighted by atomic mass is 32.2. The van der Waals surface area contributed by atoms with Gasteiger partial charge in [-0.05, 0) is 38.2 Å². The lowest BCUT2D eigenvalue weighted by Gasteiger charge is -2.24. The zero-order valence-corrected chi connectivity index (χ0v) is 19.5. The van der Waals surface area contributed by atoms with E-state index in [2.05, 4.69) is 20.9 Å². The van der Waals surface area contributed by atoms with E-state index in [-0.39, 0.29) is 31.8 Å². The van der Waals surface area contributed by atoms with Gasteiger partial charge in [-0.25, -0.2) is 4.79 Å². The van der Waals surface area contributed by atoms with E-state index in [4.69, 9.17) is 22.9 Å². The van der Waals surface area contributed by atoms with Gasteiger partial charge >= 0.3 is 5.97 Å². The molecule has 0 aromatic heterocycles. The van der Waals surface area contributed by atoms with Gasteiger partial charge in [0.25, 0.3) is 0 Å². The first-order valence-electron chi connectivity index (χ1n) is 10.1. The van der Waals surface area contributed by atoms with E-state index in [0.29, 0.717) is 5.75 Å². The molecule has 0 saturated carbocycles. The predicted molar refractivity (Wildman–Crippen MR) is 124 cm³/mol. The Bertz CT molecular complexity index is 729. The van der Waals surface area contributed by atoms with Gasteiger partial charge in [0.05, 0.1) is 12.5 Å². The summed E-state index contributed by atoms with van der Waals surface area (Å²) in [7, 11) is 0. The first kappa shape index (κ1) is 29.9. The Kier molecular flexibility index (Phi) is 14.2. The third kappa shape index (κ3) is 13.2. The van der Waals surface area contributed by atoms with Crippen molar-refractivity contribution < 1.29 is 29.1 Å². The molecule has 15 heteroatoms. The van der Waals surface area contributed by atoms with Crippen molar-refractivity contribution in [3.63, 3.8) is 0 Å². The fourth-order valence-electron chi connectivity index (χ4n) is 2.52. The molecule has 4 atom stereocenters. The Morgan fingerprint density at radius 3 is 1.94 bits per heavy atom. The predicted octanol–water partition coefficient (Wildman–Crippen LogP) is -3.45. The summed E-state index contributed by atoms with van der Waals surface area (Å²) in [6.07, 6.45) is 1.76. The van der Waals surface area contributed by atoms with Crippen LogP contribution in [0.25, 0.3) is 0 Å². The molecule has 0 rings (SSSR count). The number of nitrogens with two attached hydrogens (primary N) is 4. The quantitative estimate of drug-likeness (QED) is 0.0602. The number of nitrogens with one attached hydrogen (secondary N) is 3. The van der Waals surface area contributed by atoms with Crippen LogP contribution in [0.3, 0.4) is 0 Å². The molecule has 0 heterocycles. The van der Waals surface area contributed by atoms with Crippen LogP contribution in [-0.2, 0) is 24.0 Å². The molecule has 12 N–H and O–H groups in total. The monoisotopic (exact) mass is 490 g/mol. The number of carbonyl (C=O) groups is 5. The molecule has 0 aliphatic heterocycles. The molecule has 0 spiro atoms. The van der Waals surface area contributed by atoms with Gasteiger partial charge in [-0.3, -0.25) is 24.2 Å².